The Kier molecular flexibility index (Phi) is 4.26. The Morgan fingerprint density at radius 2 is 2.10 bits per heavy atom. The van der Waals surface area contributed by atoms with Crippen LogP contribution < -0.4 is 10.5 Å². The second-order valence-electron chi connectivity index (χ2n) is 4.17. The number of benzene rings is 1. The van der Waals surface area contributed by atoms with Gasteiger partial charge in [-0.05, 0) is 18.6 Å². The Bertz CT molecular complexity index is 710. The van der Waals surface area contributed by atoms with Gasteiger partial charge in [-0.15, -0.1) is 0 Å². The smallest absolute Gasteiger partial charge is 0.263 e. The number of aliphatic hydroxyl groups is 1. The molecule has 6 nitrogen and oxygen atoms in total. The molecule has 108 valence electrons. The van der Waals surface area contributed by atoms with Gasteiger partial charge in [0.1, 0.15) is 5.82 Å². The van der Waals surface area contributed by atoms with Gasteiger partial charge >= 0.3 is 0 Å². The first kappa shape index (κ1) is 14.8. The Hall–Kier alpha value is -1.64. The molecule has 0 saturated heterocycles. The summed E-state index contributed by atoms with van der Waals surface area (Å²) in [5.41, 5.74) is 6.32. The topological polar surface area (TPSA) is 105 Å². The van der Waals surface area contributed by atoms with Gasteiger partial charge in [-0.25, -0.2) is 13.4 Å². The van der Waals surface area contributed by atoms with Crippen LogP contribution in [0.25, 0.3) is 0 Å². The second-order valence-corrected chi connectivity index (χ2v) is 6.91. The summed E-state index contributed by atoms with van der Waals surface area (Å²) in [7, 11) is -3.68. The number of nitrogens with two attached hydrogens (primary N) is 1. The second kappa shape index (κ2) is 5.78. The normalized spacial score (nSPS) is 11.5. The fraction of sp³-hybridized carbons (Fsp3) is 0.250. The molecule has 2 rings (SSSR count). The lowest BCUT2D eigenvalue weighted by molar-refractivity contribution is 0.301. The van der Waals surface area contributed by atoms with E-state index < -0.39 is 10.0 Å². The van der Waals surface area contributed by atoms with Gasteiger partial charge in [0.05, 0.1) is 9.77 Å². The van der Waals surface area contributed by atoms with Crippen molar-refractivity contribution < 1.29 is 13.5 Å². The van der Waals surface area contributed by atoms with Crippen LogP contribution >= 0.6 is 11.3 Å². The van der Waals surface area contributed by atoms with Crippen LogP contribution in [-0.4, -0.2) is 25.1 Å². The molecular formula is C12H15N3O3S2. The van der Waals surface area contributed by atoms with E-state index in [0.717, 1.165) is 11.3 Å². The Morgan fingerprint density at radius 1 is 1.40 bits per heavy atom. The predicted molar refractivity (Wildman–Crippen MR) is 79.3 cm³/mol. The first-order valence-corrected chi connectivity index (χ1v) is 8.18. The molecule has 0 bridgehead atoms. The predicted octanol–water partition coefficient (Wildman–Crippen LogP) is 1.37. The van der Waals surface area contributed by atoms with Crippen LogP contribution in [0.1, 0.15) is 10.4 Å². The van der Waals surface area contributed by atoms with E-state index >= 15 is 0 Å². The van der Waals surface area contributed by atoms with E-state index in [4.69, 9.17) is 10.8 Å². The summed E-state index contributed by atoms with van der Waals surface area (Å²) in [6, 6.07) is 6.69. The van der Waals surface area contributed by atoms with E-state index in [1.165, 1.54) is 6.07 Å². The lowest BCUT2D eigenvalue weighted by Crippen LogP contribution is -2.14. The molecule has 1 aromatic carbocycles. The number of nitrogen functional groups attached to an aromatic ring is 1. The van der Waals surface area contributed by atoms with Crippen LogP contribution in [0.15, 0.2) is 29.2 Å². The van der Waals surface area contributed by atoms with E-state index in [1.807, 2.05) is 0 Å². The summed E-state index contributed by atoms with van der Waals surface area (Å²) in [4.78, 5) is 4.83. The number of rotatable bonds is 5. The molecule has 2 aromatic rings. The van der Waals surface area contributed by atoms with E-state index in [1.54, 1.807) is 25.1 Å². The SMILES string of the molecule is Cc1ccccc1S(=O)(=O)Nc1nc(N)c(CCO)s1. The van der Waals surface area contributed by atoms with E-state index in [9.17, 15) is 8.42 Å². The quantitative estimate of drug-likeness (QED) is 0.773. The van der Waals surface area contributed by atoms with Crippen LogP contribution in [0.3, 0.4) is 0 Å². The van der Waals surface area contributed by atoms with E-state index in [2.05, 4.69) is 9.71 Å². The van der Waals surface area contributed by atoms with Gasteiger partial charge in [-0.2, -0.15) is 0 Å². The van der Waals surface area contributed by atoms with Crippen molar-refractivity contribution in [1.29, 1.82) is 0 Å². The van der Waals surface area contributed by atoms with Crippen molar-refractivity contribution in [3.63, 3.8) is 0 Å². The molecule has 0 saturated carbocycles. The lowest BCUT2D eigenvalue weighted by Gasteiger charge is -2.07. The van der Waals surface area contributed by atoms with Crippen molar-refractivity contribution in [1.82, 2.24) is 4.98 Å². The third kappa shape index (κ3) is 3.09. The maximum Gasteiger partial charge on any atom is 0.263 e. The number of thiazole rings is 1. The molecular weight excluding hydrogens is 298 g/mol. The zero-order valence-corrected chi connectivity index (χ0v) is 12.5. The highest BCUT2D eigenvalue weighted by Crippen LogP contribution is 2.27. The number of nitrogens with zero attached hydrogens (tertiary/aromatic N) is 1. The average molecular weight is 313 g/mol. The minimum absolute atomic E-state index is 0.0592. The Balaban J connectivity index is 2.29. The largest absolute Gasteiger partial charge is 0.396 e. The first-order valence-electron chi connectivity index (χ1n) is 5.88. The molecule has 0 fully saturated rings. The van der Waals surface area contributed by atoms with Crippen molar-refractivity contribution in [3.05, 3.63) is 34.7 Å². The van der Waals surface area contributed by atoms with Crippen molar-refractivity contribution in [2.24, 2.45) is 0 Å². The van der Waals surface area contributed by atoms with Gasteiger partial charge in [-0.3, -0.25) is 4.72 Å². The zero-order valence-electron chi connectivity index (χ0n) is 10.8. The summed E-state index contributed by atoms with van der Waals surface area (Å²) < 4.78 is 26.9. The monoisotopic (exact) mass is 313 g/mol. The van der Waals surface area contributed by atoms with Crippen LogP contribution in [0.4, 0.5) is 10.9 Å². The molecule has 0 aliphatic carbocycles. The lowest BCUT2D eigenvalue weighted by atomic mass is 10.2. The molecule has 20 heavy (non-hydrogen) atoms. The number of aliphatic hydroxyl groups excluding tert-OH is 1. The van der Waals surface area contributed by atoms with Crippen molar-refractivity contribution in [3.8, 4) is 0 Å². The van der Waals surface area contributed by atoms with Crippen molar-refractivity contribution in [2.75, 3.05) is 17.1 Å². The highest BCUT2D eigenvalue weighted by Gasteiger charge is 2.19. The fourth-order valence-corrected chi connectivity index (χ4v) is 4.07. The van der Waals surface area contributed by atoms with Gasteiger partial charge in [0.2, 0.25) is 0 Å². The highest BCUT2D eigenvalue weighted by atomic mass is 32.2. The molecule has 0 spiro atoms. The van der Waals surface area contributed by atoms with Crippen LogP contribution in [0.5, 0.6) is 0 Å². The van der Waals surface area contributed by atoms with Crippen molar-refractivity contribution in [2.45, 2.75) is 18.2 Å². The number of hydrogen-bond acceptors (Lipinski definition) is 6. The molecule has 8 heteroatoms. The zero-order chi connectivity index (χ0) is 14.8. The standard InChI is InChI=1S/C12H15N3O3S2/c1-8-4-2-3-5-10(8)20(17,18)15-12-14-11(13)9(19-12)6-7-16/h2-5,16H,6-7,13H2,1H3,(H,14,15). The fourth-order valence-electron chi connectivity index (χ4n) is 1.72. The number of aryl methyl sites for hydroxylation is 1. The minimum atomic E-state index is -3.68. The molecule has 0 unspecified atom stereocenters. The third-order valence-electron chi connectivity index (χ3n) is 2.67. The van der Waals surface area contributed by atoms with Crippen molar-refractivity contribution >= 4 is 32.3 Å². The highest BCUT2D eigenvalue weighted by molar-refractivity contribution is 7.93. The van der Waals surface area contributed by atoms with Gasteiger partial charge in [0, 0.05) is 13.0 Å². The van der Waals surface area contributed by atoms with E-state index in [-0.39, 0.29) is 22.5 Å². The summed E-state index contributed by atoms with van der Waals surface area (Å²) in [5.74, 6) is 0.242. The molecule has 0 aliphatic heterocycles. The van der Waals surface area contributed by atoms with Crippen LogP contribution in [0.2, 0.25) is 0 Å². The Morgan fingerprint density at radius 3 is 2.75 bits per heavy atom. The van der Waals surface area contributed by atoms with Gasteiger partial charge in [-0.1, -0.05) is 29.5 Å². The molecule has 1 heterocycles. The average Bonchev–Trinajstić information content (AvgIpc) is 2.69. The molecule has 0 aliphatic rings. The number of nitrogens with one attached hydrogen (secondary N) is 1. The maximum absolute atomic E-state index is 12.3. The molecule has 1 aromatic heterocycles. The maximum atomic E-state index is 12.3. The van der Waals surface area contributed by atoms with Gasteiger partial charge < -0.3 is 10.8 Å². The van der Waals surface area contributed by atoms with Crippen LogP contribution in [-0.2, 0) is 16.4 Å². The van der Waals surface area contributed by atoms with Crippen LogP contribution in [0, 0.1) is 6.92 Å². The minimum Gasteiger partial charge on any atom is -0.396 e. The number of hydrogen-bond donors (Lipinski definition) is 3. The molecule has 4 N–H and O–H groups in total. The molecule has 0 radical (unpaired) electrons. The summed E-state index contributed by atoms with van der Waals surface area (Å²) in [5, 5.41) is 9.09. The molecule has 0 amide bonds. The summed E-state index contributed by atoms with van der Waals surface area (Å²) >= 11 is 1.13. The third-order valence-corrected chi connectivity index (χ3v) is 5.35. The van der Waals surface area contributed by atoms with Gasteiger partial charge in [0.15, 0.2) is 5.13 Å². The Labute approximate surface area is 121 Å². The number of aromatic nitrogens is 1. The molecule has 0 atom stereocenters. The summed E-state index contributed by atoms with van der Waals surface area (Å²) in [6.45, 7) is 1.67. The number of sulfonamides is 1. The first-order chi connectivity index (χ1) is 9.44. The van der Waals surface area contributed by atoms with E-state index in [0.29, 0.717) is 16.9 Å². The van der Waals surface area contributed by atoms with Gasteiger partial charge in [0.25, 0.3) is 10.0 Å². The summed E-state index contributed by atoms with van der Waals surface area (Å²) in [6.07, 6.45) is 0.357. The number of anilines is 2.